The van der Waals surface area contributed by atoms with Crippen molar-refractivity contribution < 1.29 is 17.9 Å². The van der Waals surface area contributed by atoms with Crippen molar-refractivity contribution in [1.29, 1.82) is 0 Å². The molecule has 2 aliphatic rings. The number of fused-ring (bicyclic) bond motifs is 1. The molecule has 1 aliphatic carbocycles. The minimum Gasteiger partial charge on any atom is -0.473 e. The number of hydrogen-bond donors (Lipinski definition) is 1. The Morgan fingerprint density at radius 3 is 2.33 bits per heavy atom. The van der Waals surface area contributed by atoms with Gasteiger partial charge in [0.2, 0.25) is 15.9 Å². The molecule has 11 heteroatoms. The van der Waals surface area contributed by atoms with Gasteiger partial charge in [-0.05, 0) is 83.9 Å². The van der Waals surface area contributed by atoms with E-state index in [9.17, 15) is 13.2 Å². The van der Waals surface area contributed by atoms with Gasteiger partial charge in [0.05, 0.1) is 23.8 Å². The highest BCUT2D eigenvalue weighted by Crippen LogP contribution is 2.39. The summed E-state index contributed by atoms with van der Waals surface area (Å²) in [5, 5.41) is 5.64. The van der Waals surface area contributed by atoms with E-state index in [4.69, 9.17) is 14.8 Å². The van der Waals surface area contributed by atoms with Crippen molar-refractivity contribution in [3.05, 3.63) is 41.6 Å². The third kappa shape index (κ3) is 7.12. The third-order valence-electron chi connectivity index (χ3n) is 8.37. The van der Waals surface area contributed by atoms with Gasteiger partial charge in [-0.2, -0.15) is 0 Å². The molecule has 2 fully saturated rings. The Kier molecular flexibility index (Phi) is 9.20. The minimum atomic E-state index is -3.77. The van der Waals surface area contributed by atoms with E-state index < -0.39 is 15.9 Å². The molecule has 0 spiro atoms. The van der Waals surface area contributed by atoms with Crippen LogP contribution in [0.5, 0.6) is 5.88 Å². The van der Waals surface area contributed by atoms with Gasteiger partial charge in [0.15, 0.2) is 5.65 Å². The molecule has 0 radical (unpaired) electrons. The number of ether oxygens (including phenoxy) is 1. The lowest BCUT2D eigenvalue weighted by molar-refractivity contribution is 0.0977. The second-order valence-corrected chi connectivity index (χ2v) is 14.1. The van der Waals surface area contributed by atoms with Crippen molar-refractivity contribution in [3.63, 3.8) is 0 Å². The van der Waals surface area contributed by atoms with Gasteiger partial charge in [0, 0.05) is 18.2 Å². The molecule has 5 rings (SSSR count). The topological polar surface area (TPSA) is 110 Å². The molecular formula is C31H44N6O4S. The number of piperidine rings is 1. The Bertz CT molecular complexity index is 1500. The van der Waals surface area contributed by atoms with Crippen LogP contribution in [0.3, 0.4) is 0 Å². The Labute approximate surface area is 249 Å². The van der Waals surface area contributed by atoms with E-state index >= 15 is 0 Å². The van der Waals surface area contributed by atoms with Crippen LogP contribution in [0, 0.1) is 0 Å². The van der Waals surface area contributed by atoms with Gasteiger partial charge in [-0.25, -0.2) is 22.8 Å². The van der Waals surface area contributed by atoms with E-state index in [0.29, 0.717) is 17.6 Å². The van der Waals surface area contributed by atoms with Crippen molar-refractivity contribution in [1.82, 2.24) is 29.3 Å². The number of rotatable bonds is 9. The first kappa shape index (κ1) is 30.4. The molecule has 42 heavy (non-hydrogen) atoms. The zero-order chi connectivity index (χ0) is 30.0. The quantitative estimate of drug-likeness (QED) is 0.382. The van der Waals surface area contributed by atoms with Crippen LogP contribution in [0.4, 0.5) is 0 Å². The van der Waals surface area contributed by atoms with E-state index in [-0.39, 0.29) is 17.8 Å². The number of carbonyl (C=O) groups is 1. The molecule has 3 heterocycles. The molecule has 1 amide bonds. The van der Waals surface area contributed by atoms with Gasteiger partial charge in [-0.3, -0.25) is 9.69 Å². The van der Waals surface area contributed by atoms with Crippen molar-refractivity contribution in [2.75, 3.05) is 33.4 Å². The second kappa shape index (κ2) is 12.7. The van der Waals surface area contributed by atoms with Gasteiger partial charge in [0.25, 0.3) is 5.91 Å². The first-order valence-electron chi connectivity index (χ1n) is 15.1. The summed E-state index contributed by atoms with van der Waals surface area (Å²) in [7, 11) is 0.544. The number of nitrogens with zero attached hydrogens (tertiary/aromatic N) is 5. The monoisotopic (exact) mass is 596 g/mol. The van der Waals surface area contributed by atoms with Crippen LogP contribution in [0.1, 0.15) is 80.9 Å². The molecule has 0 atom stereocenters. The van der Waals surface area contributed by atoms with Crippen LogP contribution in [0.15, 0.2) is 30.3 Å². The molecule has 228 valence electrons. The average molecular weight is 597 g/mol. The Hall–Kier alpha value is -3.02. The van der Waals surface area contributed by atoms with Crippen LogP contribution in [-0.4, -0.2) is 84.5 Å². The summed E-state index contributed by atoms with van der Waals surface area (Å²) >= 11 is 0. The zero-order valence-corrected chi connectivity index (χ0v) is 26.3. The normalized spacial score (nSPS) is 17.8. The van der Waals surface area contributed by atoms with E-state index in [1.807, 2.05) is 18.5 Å². The summed E-state index contributed by atoms with van der Waals surface area (Å²) in [5.41, 5.74) is 3.43. The molecule has 0 bridgehead atoms. The number of benzene rings is 1. The second-order valence-electron chi connectivity index (χ2n) is 12.3. The Morgan fingerprint density at radius 1 is 1.07 bits per heavy atom. The maximum absolute atomic E-state index is 13.1. The van der Waals surface area contributed by atoms with E-state index in [1.54, 1.807) is 6.07 Å². The fourth-order valence-electron chi connectivity index (χ4n) is 6.20. The smallest absolute Gasteiger partial charge is 0.283 e. The predicted octanol–water partition coefficient (Wildman–Crippen LogP) is 4.61. The highest BCUT2D eigenvalue weighted by atomic mass is 32.2. The van der Waals surface area contributed by atoms with E-state index in [0.717, 1.165) is 68.1 Å². The molecule has 1 aliphatic heterocycles. The summed E-state index contributed by atoms with van der Waals surface area (Å²) in [4.78, 5) is 22.6. The van der Waals surface area contributed by atoms with Gasteiger partial charge >= 0.3 is 0 Å². The largest absolute Gasteiger partial charge is 0.473 e. The van der Waals surface area contributed by atoms with Crippen LogP contribution >= 0.6 is 0 Å². The lowest BCUT2D eigenvalue weighted by atomic mass is 9.95. The van der Waals surface area contributed by atoms with Crippen molar-refractivity contribution in [2.24, 2.45) is 0 Å². The number of sulfonamides is 1. The summed E-state index contributed by atoms with van der Waals surface area (Å²) < 4.78 is 34.0. The van der Waals surface area contributed by atoms with Crippen LogP contribution in [-0.2, 0) is 16.6 Å². The standard InChI is InChI=1S/C31H44N6O4S/c1-21(2)41-31-28-26(23-13-11-22(12-14-23)20-36-17-15-24(16-18-36)35(3)4)19-27(30(38)34-42(5,39)40)32-29(28)37(33-31)25-9-7-6-8-10-25/h11-14,19,21,24-25H,6-10,15-18,20H2,1-5H3,(H,34,38). The van der Waals surface area contributed by atoms with Crippen LogP contribution in [0.2, 0.25) is 0 Å². The molecule has 10 nitrogen and oxygen atoms in total. The molecule has 1 aromatic carbocycles. The predicted molar refractivity (Wildman–Crippen MR) is 165 cm³/mol. The van der Waals surface area contributed by atoms with Crippen molar-refractivity contribution >= 4 is 27.0 Å². The number of likely N-dealkylation sites (tertiary alicyclic amines) is 1. The summed E-state index contributed by atoms with van der Waals surface area (Å²) in [5.74, 6) is -0.280. The van der Waals surface area contributed by atoms with Gasteiger partial charge < -0.3 is 9.64 Å². The maximum atomic E-state index is 13.1. The average Bonchev–Trinajstić information content (AvgIpc) is 3.30. The molecule has 2 aromatic heterocycles. The SMILES string of the molecule is CC(C)Oc1nn(C2CCCCC2)c2nc(C(=O)NS(C)(=O)=O)cc(-c3ccc(CN4CCC(N(C)C)CC4)cc3)c12. The first-order chi connectivity index (χ1) is 20.0. The number of carbonyl (C=O) groups excluding carboxylic acids is 1. The lowest BCUT2D eigenvalue weighted by Crippen LogP contribution is -2.41. The van der Waals surface area contributed by atoms with Crippen molar-refractivity contribution in [2.45, 2.75) is 83.5 Å². The highest BCUT2D eigenvalue weighted by Gasteiger charge is 2.27. The van der Waals surface area contributed by atoms with Gasteiger partial charge in [-0.15, -0.1) is 5.10 Å². The number of hydrogen-bond acceptors (Lipinski definition) is 8. The molecule has 1 saturated heterocycles. The summed E-state index contributed by atoms with van der Waals surface area (Å²) in [6, 6.07) is 10.8. The maximum Gasteiger partial charge on any atom is 0.283 e. The molecule has 0 unspecified atom stereocenters. The number of nitrogens with one attached hydrogen (secondary N) is 1. The fraction of sp³-hybridized carbons (Fsp3) is 0.581. The highest BCUT2D eigenvalue weighted by molar-refractivity contribution is 7.89. The molecule has 1 saturated carbocycles. The van der Waals surface area contributed by atoms with E-state index in [2.05, 4.69) is 52.9 Å². The Morgan fingerprint density at radius 2 is 1.74 bits per heavy atom. The zero-order valence-electron chi connectivity index (χ0n) is 25.5. The Balaban J connectivity index is 1.54. The molecule has 3 aromatic rings. The summed E-state index contributed by atoms with van der Waals surface area (Å²) in [6.45, 7) is 6.95. The van der Waals surface area contributed by atoms with Crippen molar-refractivity contribution in [3.8, 4) is 17.0 Å². The lowest BCUT2D eigenvalue weighted by Gasteiger charge is -2.35. The fourth-order valence-corrected chi connectivity index (χ4v) is 6.64. The minimum absolute atomic E-state index is 0.0313. The number of pyridine rings is 1. The summed E-state index contributed by atoms with van der Waals surface area (Å²) in [6.07, 6.45) is 8.51. The van der Waals surface area contributed by atoms with Crippen LogP contribution < -0.4 is 9.46 Å². The first-order valence-corrected chi connectivity index (χ1v) is 17.0. The molecule has 1 N–H and O–H groups in total. The van der Waals surface area contributed by atoms with Gasteiger partial charge in [0.1, 0.15) is 5.69 Å². The third-order valence-corrected chi connectivity index (χ3v) is 8.92. The number of aromatic nitrogens is 3. The van der Waals surface area contributed by atoms with E-state index in [1.165, 1.54) is 24.8 Å². The molecular weight excluding hydrogens is 552 g/mol. The number of amides is 1. The van der Waals surface area contributed by atoms with Crippen LogP contribution in [0.25, 0.3) is 22.2 Å². The van der Waals surface area contributed by atoms with Gasteiger partial charge in [-0.1, -0.05) is 43.5 Å².